The monoisotopic (exact) mass is 385 g/mol. The molecule has 2 aromatic heterocycles. The average Bonchev–Trinajstić information content (AvgIpc) is 3.26. The normalized spacial score (nSPS) is 11.3. The molecular formula is C21H19Cl2N2O+. The van der Waals surface area contributed by atoms with Gasteiger partial charge in [-0.3, -0.25) is 0 Å². The van der Waals surface area contributed by atoms with Crippen LogP contribution in [0.1, 0.15) is 11.3 Å². The number of hydrogen-bond acceptors (Lipinski definition) is 1. The van der Waals surface area contributed by atoms with E-state index in [9.17, 15) is 0 Å². The summed E-state index contributed by atoms with van der Waals surface area (Å²) in [5.41, 5.74) is 3.41. The number of quaternary nitrogens is 1. The van der Waals surface area contributed by atoms with Gasteiger partial charge in [0.05, 0.1) is 11.6 Å². The van der Waals surface area contributed by atoms with Crippen LogP contribution in [-0.2, 0) is 13.0 Å². The van der Waals surface area contributed by atoms with Crippen molar-refractivity contribution in [2.75, 3.05) is 6.54 Å². The zero-order valence-corrected chi connectivity index (χ0v) is 15.6. The van der Waals surface area contributed by atoms with Crippen molar-refractivity contribution in [2.45, 2.75) is 13.0 Å². The average molecular weight is 386 g/mol. The third-order valence-electron chi connectivity index (χ3n) is 4.50. The van der Waals surface area contributed by atoms with Crippen LogP contribution in [0.3, 0.4) is 0 Å². The van der Waals surface area contributed by atoms with Gasteiger partial charge in [-0.05, 0) is 42.0 Å². The minimum absolute atomic E-state index is 0.599. The fraction of sp³-hybridized carbons (Fsp3) is 0.143. The second-order valence-electron chi connectivity index (χ2n) is 6.28. The minimum atomic E-state index is 0.599. The highest BCUT2D eigenvalue weighted by Gasteiger charge is 2.10. The van der Waals surface area contributed by atoms with Gasteiger partial charge in [0, 0.05) is 34.1 Å². The lowest BCUT2D eigenvalue weighted by molar-refractivity contribution is -0.671. The van der Waals surface area contributed by atoms with Gasteiger partial charge >= 0.3 is 0 Å². The van der Waals surface area contributed by atoms with Crippen LogP contribution < -0.4 is 5.32 Å². The third kappa shape index (κ3) is 3.65. The molecule has 0 aliphatic rings. The Morgan fingerprint density at radius 3 is 2.77 bits per heavy atom. The fourth-order valence-electron chi connectivity index (χ4n) is 3.16. The van der Waals surface area contributed by atoms with Crippen LogP contribution in [0.2, 0.25) is 10.0 Å². The van der Waals surface area contributed by atoms with Crippen molar-refractivity contribution in [3.05, 3.63) is 82.2 Å². The number of aromatic nitrogens is 1. The number of para-hydroxylation sites is 1. The highest BCUT2D eigenvalue weighted by molar-refractivity contribution is 6.36. The predicted octanol–water partition coefficient (Wildman–Crippen LogP) is 5.04. The lowest BCUT2D eigenvalue weighted by Crippen LogP contribution is -2.83. The van der Waals surface area contributed by atoms with Gasteiger partial charge in [0.15, 0.2) is 5.76 Å². The summed E-state index contributed by atoms with van der Waals surface area (Å²) in [4.78, 5) is 3.32. The van der Waals surface area contributed by atoms with Crippen molar-refractivity contribution in [3.63, 3.8) is 0 Å². The number of halogens is 2. The van der Waals surface area contributed by atoms with E-state index in [0.717, 1.165) is 36.6 Å². The molecule has 3 nitrogen and oxygen atoms in total. The van der Waals surface area contributed by atoms with Crippen molar-refractivity contribution in [3.8, 4) is 11.3 Å². The second-order valence-corrected chi connectivity index (χ2v) is 7.12. The van der Waals surface area contributed by atoms with Gasteiger partial charge in [-0.15, -0.1) is 0 Å². The number of benzene rings is 2. The van der Waals surface area contributed by atoms with Crippen LogP contribution in [0.5, 0.6) is 0 Å². The molecule has 0 aliphatic heterocycles. The van der Waals surface area contributed by atoms with Gasteiger partial charge in [-0.2, -0.15) is 0 Å². The molecule has 0 fully saturated rings. The molecule has 132 valence electrons. The van der Waals surface area contributed by atoms with Crippen molar-refractivity contribution in [1.82, 2.24) is 4.98 Å². The molecule has 0 amide bonds. The van der Waals surface area contributed by atoms with Crippen molar-refractivity contribution >= 4 is 34.1 Å². The van der Waals surface area contributed by atoms with Gasteiger partial charge < -0.3 is 14.7 Å². The molecule has 2 heterocycles. The van der Waals surface area contributed by atoms with Crippen LogP contribution in [0.25, 0.3) is 22.2 Å². The smallest absolute Gasteiger partial charge is 0.158 e. The minimum Gasteiger partial charge on any atom is -0.455 e. The van der Waals surface area contributed by atoms with E-state index in [1.807, 2.05) is 24.3 Å². The Hall–Kier alpha value is -2.20. The lowest BCUT2D eigenvalue weighted by atomic mass is 10.1. The molecule has 4 rings (SSSR count). The molecule has 0 unspecified atom stereocenters. The van der Waals surface area contributed by atoms with Gasteiger partial charge in [0.1, 0.15) is 12.3 Å². The fourth-order valence-corrected chi connectivity index (χ4v) is 3.66. The summed E-state index contributed by atoms with van der Waals surface area (Å²) in [6.45, 7) is 1.80. The van der Waals surface area contributed by atoms with Crippen LogP contribution in [0, 0.1) is 0 Å². The summed E-state index contributed by atoms with van der Waals surface area (Å²) in [6, 6.07) is 17.8. The summed E-state index contributed by atoms with van der Waals surface area (Å²) in [5.74, 6) is 1.71. The Kier molecular flexibility index (Phi) is 5.02. The van der Waals surface area contributed by atoms with Crippen LogP contribution in [-0.4, -0.2) is 11.5 Å². The number of nitrogens with one attached hydrogen (secondary N) is 1. The number of nitrogens with two attached hydrogens (primary N) is 1. The van der Waals surface area contributed by atoms with E-state index in [1.165, 1.54) is 16.5 Å². The molecule has 3 N–H and O–H groups in total. The number of furan rings is 1. The van der Waals surface area contributed by atoms with E-state index in [4.69, 9.17) is 27.6 Å². The molecule has 0 aliphatic carbocycles. The zero-order chi connectivity index (χ0) is 17.9. The Morgan fingerprint density at radius 1 is 1.00 bits per heavy atom. The largest absolute Gasteiger partial charge is 0.455 e. The Bertz CT molecular complexity index is 1040. The first-order chi connectivity index (χ1) is 12.7. The van der Waals surface area contributed by atoms with Crippen LogP contribution in [0.4, 0.5) is 0 Å². The molecule has 0 saturated heterocycles. The van der Waals surface area contributed by atoms with Crippen molar-refractivity contribution < 1.29 is 9.73 Å². The van der Waals surface area contributed by atoms with Gasteiger partial charge in [-0.1, -0.05) is 41.4 Å². The Morgan fingerprint density at radius 2 is 1.88 bits per heavy atom. The maximum atomic E-state index is 6.25. The van der Waals surface area contributed by atoms with Crippen molar-refractivity contribution in [2.24, 2.45) is 0 Å². The maximum absolute atomic E-state index is 6.25. The van der Waals surface area contributed by atoms with Crippen LogP contribution in [0.15, 0.2) is 65.2 Å². The molecule has 5 heteroatoms. The van der Waals surface area contributed by atoms with Gasteiger partial charge in [0.25, 0.3) is 0 Å². The van der Waals surface area contributed by atoms with Crippen molar-refractivity contribution in [1.29, 1.82) is 0 Å². The standard InChI is InChI=1S/C21H18Cl2N2O/c22-15-5-7-18(19(23)11-15)21-8-6-16(26-21)13-24-10-9-14-12-25-20-4-2-1-3-17(14)20/h1-8,11-12,24-25H,9-10,13H2/p+1. The Balaban J connectivity index is 1.35. The zero-order valence-electron chi connectivity index (χ0n) is 14.1. The van der Waals surface area contributed by atoms with Crippen LogP contribution >= 0.6 is 23.2 Å². The molecule has 4 aromatic rings. The number of H-pyrrole nitrogens is 1. The molecule has 0 saturated carbocycles. The molecule has 26 heavy (non-hydrogen) atoms. The van der Waals surface area contributed by atoms with E-state index < -0.39 is 0 Å². The SMILES string of the molecule is Clc1ccc(-c2ccc(C[NH2+]CCc3c[nH]c4ccccc34)o2)c(Cl)c1. The second kappa shape index (κ2) is 7.58. The molecular weight excluding hydrogens is 367 g/mol. The Labute approximate surface area is 161 Å². The van der Waals surface area contributed by atoms with E-state index in [0.29, 0.717) is 10.0 Å². The van der Waals surface area contributed by atoms with E-state index in [1.54, 1.807) is 6.07 Å². The summed E-state index contributed by atoms with van der Waals surface area (Å²) in [5, 5.41) is 4.78. The first-order valence-corrected chi connectivity index (χ1v) is 9.37. The molecule has 2 aromatic carbocycles. The first-order valence-electron chi connectivity index (χ1n) is 8.61. The molecule has 0 bridgehead atoms. The number of rotatable bonds is 6. The summed E-state index contributed by atoms with van der Waals surface area (Å²) in [7, 11) is 0. The van der Waals surface area contributed by atoms with Gasteiger partial charge in [-0.25, -0.2) is 0 Å². The summed E-state index contributed by atoms with van der Waals surface area (Å²) >= 11 is 12.2. The topological polar surface area (TPSA) is 45.5 Å². The molecule has 0 spiro atoms. The van der Waals surface area contributed by atoms with E-state index in [-0.39, 0.29) is 0 Å². The maximum Gasteiger partial charge on any atom is 0.158 e. The van der Waals surface area contributed by atoms with E-state index in [2.05, 4.69) is 40.8 Å². The quantitative estimate of drug-likeness (QED) is 0.448. The van der Waals surface area contributed by atoms with Gasteiger partial charge in [0.2, 0.25) is 0 Å². The molecule has 0 radical (unpaired) electrons. The molecule has 0 atom stereocenters. The summed E-state index contributed by atoms with van der Waals surface area (Å²) < 4.78 is 5.93. The first kappa shape index (κ1) is 17.2. The lowest BCUT2D eigenvalue weighted by Gasteiger charge is -2.02. The third-order valence-corrected chi connectivity index (χ3v) is 5.04. The predicted molar refractivity (Wildman–Crippen MR) is 107 cm³/mol. The highest BCUT2D eigenvalue weighted by atomic mass is 35.5. The number of fused-ring (bicyclic) bond motifs is 1. The summed E-state index contributed by atoms with van der Waals surface area (Å²) in [6.07, 6.45) is 3.12. The van der Waals surface area contributed by atoms with E-state index >= 15 is 0 Å². The number of hydrogen-bond donors (Lipinski definition) is 2. The number of aromatic amines is 1. The highest BCUT2D eigenvalue weighted by Crippen LogP contribution is 2.31.